The molecular formula is C12H6F21O3P. The Balaban J connectivity index is 7.25. The van der Waals surface area contributed by atoms with Crippen molar-refractivity contribution in [3.05, 3.63) is 0 Å². The van der Waals surface area contributed by atoms with E-state index in [1.165, 1.54) is 0 Å². The Morgan fingerprint density at radius 1 is 0.405 bits per heavy atom. The Kier molecular flexibility index (Phi) is 8.53. The summed E-state index contributed by atoms with van der Waals surface area (Å²) in [5.74, 6) is -76.2. The largest absolute Gasteiger partial charge is 0.435 e. The highest BCUT2D eigenvalue weighted by Crippen LogP contribution is 2.72. The molecule has 0 bridgehead atoms. The van der Waals surface area contributed by atoms with Crippen molar-refractivity contribution in [1.82, 2.24) is 0 Å². The number of rotatable bonds is 12. The predicted octanol–water partition coefficient (Wildman–Crippen LogP) is 8.41. The maximum atomic E-state index is 13.9. The first-order valence-electron chi connectivity index (χ1n) is 7.92. The fourth-order valence-corrected chi connectivity index (χ4v) is 2.82. The van der Waals surface area contributed by atoms with Gasteiger partial charge in [0.2, 0.25) is 0 Å². The van der Waals surface area contributed by atoms with Crippen LogP contribution >= 0.6 is 7.60 Å². The molecule has 0 aliphatic heterocycles. The minimum atomic E-state index is -9.17. The van der Waals surface area contributed by atoms with Gasteiger partial charge in [-0.25, -0.2) is 4.39 Å². The van der Waals surface area contributed by atoms with Gasteiger partial charge in [-0.3, -0.25) is 4.57 Å². The van der Waals surface area contributed by atoms with Crippen molar-refractivity contribution in [3.8, 4) is 0 Å². The van der Waals surface area contributed by atoms with E-state index >= 15 is 0 Å². The van der Waals surface area contributed by atoms with E-state index in [0.29, 0.717) is 0 Å². The smallest absolute Gasteiger partial charge is 0.251 e. The fraction of sp³-hybridized carbons (Fsp3) is 1.00. The van der Waals surface area contributed by atoms with Crippen molar-refractivity contribution < 1.29 is 106 Å². The van der Waals surface area contributed by atoms with Crippen LogP contribution in [0, 0.1) is 0 Å². The summed E-state index contributed by atoms with van der Waals surface area (Å²) >= 11 is 0. The number of hydrogen-bond acceptors (Lipinski definition) is 3. The van der Waals surface area contributed by atoms with Gasteiger partial charge in [0.05, 0.1) is 0 Å². The molecule has 0 aliphatic rings. The van der Waals surface area contributed by atoms with E-state index < -0.39 is 80.2 Å². The first kappa shape index (κ1) is 35.7. The average Bonchev–Trinajstić information content (AvgIpc) is 2.70. The first-order valence-corrected chi connectivity index (χ1v) is 9.46. The van der Waals surface area contributed by atoms with Gasteiger partial charge in [-0.2, -0.15) is 79.0 Å². The Morgan fingerprint density at radius 2 is 0.595 bits per heavy atom. The molecule has 25 heteroatoms. The first-order chi connectivity index (χ1) is 15.6. The van der Waals surface area contributed by atoms with Crippen molar-refractivity contribution >= 4 is 7.60 Å². The van der Waals surface area contributed by atoms with Crippen LogP contribution < -0.4 is 0 Å². The zero-order chi connectivity index (χ0) is 30.9. The van der Waals surface area contributed by atoms with Crippen LogP contribution in [-0.2, 0) is 14.0 Å². The fourth-order valence-electron chi connectivity index (χ4n) is 2.06. The third-order valence-corrected chi connectivity index (χ3v) is 6.25. The van der Waals surface area contributed by atoms with Crippen LogP contribution in [0.3, 0.4) is 0 Å². The van der Waals surface area contributed by atoms with Crippen molar-refractivity contribution in [2.45, 2.75) is 72.6 Å². The molecule has 0 saturated carbocycles. The summed E-state index contributed by atoms with van der Waals surface area (Å²) in [6.45, 7) is -2.96. The second kappa shape index (κ2) is 8.85. The Morgan fingerprint density at radius 3 is 0.784 bits per heavy atom. The SMILES string of the molecule is CC(F)(F)C(F)(F)C(F)(F)C(F)(F)C(F)(F)C(F)(F)C(F)(F)C(F)(F)C(F)(F)C(C)(F)P(=O)(OF)OF. The third kappa shape index (κ3) is 4.13. The Bertz CT molecular complexity index is 882. The van der Waals surface area contributed by atoms with Gasteiger partial charge in [0.25, 0.3) is 5.41 Å². The molecule has 0 amide bonds. The quantitative estimate of drug-likeness (QED) is 0.161. The molecule has 1 atom stereocenters. The lowest BCUT2D eigenvalue weighted by atomic mass is 9.86. The van der Waals surface area contributed by atoms with E-state index in [4.69, 9.17) is 0 Å². The normalized spacial score (nSPS) is 18.1. The van der Waals surface area contributed by atoms with Crippen molar-refractivity contribution in [1.29, 1.82) is 0 Å². The second-order valence-electron chi connectivity index (χ2n) is 7.07. The van der Waals surface area contributed by atoms with Crippen molar-refractivity contribution in [2.75, 3.05) is 0 Å². The van der Waals surface area contributed by atoms with Gasteiger partial charge >= 0.3 is 60.9 Å². The van der Waals surface area contributed by atoms with Gasteiger partial charge < -0.3 is 0 Å². The lowest BCUT2D eigenvalue weighted by molar-refractivity contribution is -0.464. The minimum Gasteiger partial charge on any atom is -0.251 e. The van der Waals surface area contributed by atoms with Crippen LogP contribution in [0.4, 0.5) is 92.5 Å². The van der Waals surface area contributed by atoms with E-state index in [1.54, 1.807) is 9.46 Å². The van der Waals surface area contributed by atoms with Crippen molar-refractivity contribution in [2.24, 2.45) is 0 Å². The van der Waals surface area contributed by atoms with Gasteiger partial charge in [-0.05, 0) is 16.0 Å². The van der Waals surface area contributed by atoms with Gasteiger partial charge in [-0.1, -0.05) is 0 Å². The molecule has 0 heterocycles. The molecule has 1 unspecified atom stereocenters. The standard InChI is InChI=1S/C12H6F21O3P/c1-3(13,14)5(16,17)7(20,21)9(24,25)11(28,29)12(30,31)10(26,27)8(22,23)6(18,19)4(2,15)37(34,35-32)36-33/h1-2H3. The van der Waals surface area contributed by atoms with Crippen LogP contribution in [0.15, 0.2) is 0 Å². The van der Waals surface area contributed by atoms with Gasteiger partial charge in [0.15, 0.2) is 0 Å². The van der Waals surface area contributed by atoms with E-state index in [-0.39, 0.29) is 0 Å². The Labute approximate surface area is 188 Å². The lowest BCUT2D eigenvalue weighted by Gasteiger charge is -2.45. The summed E-state index contributed by atoms with van der Waals surface area (Å²) in [7, 11) is -7.81. The third-order valence-electron chi connectivity index (χ3n) is 4.58. The second-order valence-corrected chi connectivity index (χ2v) is 9.18. The number of hydrogen-bond donors (Lipinski definition) is 0. The molecule has 0 radical (unpaired) electrons. The summed E-state index contributed by atoms with van der Waals surface area (Å²) < 4.78 is 293. The van der Waals surface area contributed by atoms with Crippen LogP contribution in [0.2, 0.25) is 0 Å². The molecule has 0 aromatic rings. The molecular weight excluding hydrogens is 622 g/mol. The van der Waals surface area contributed by atoms with E-state index in [1.807, 2.05) is 0 Å². The minimum absolute atomic E-state index is 1.42. The summed E-state index contributed by atoms with van der Waals surface area (Å²) in [6, 6.07) is 0. The van der Waals surface area contributed by atoms with Gasteiger partial charge in [-0.15, -0.1) is 9.46 Å². The molecule has 0 aromatic heterocycles. The molecule has 0 rings (SSSR count). The van der Waals surface area contributed by atoms with Gasteiger partial charge in [0, 0.05) is 6.92 Å². The average molecular weight is 628 g/mol. The maximum Gasteiger partial charge on any atom is 0.435 e. The van der Waals surface area contributed by atoms with Gasteiger partial charge in [0.1, 0.15) is 0 Å². The molecule has 0 N–H and O–H groups in total. The zero-order valence-electron chi connectivity index (χ0n) is 16.6. The maximum absolute atomic E-state index is 13.9. The van der Waals surface area contributed by atoms with E-state index in [2.05, 4.69) is 0 Å². The van der Waals surface area contributed by atoms with Crippen LogP contribution in [0.5, 0.6) is 0 Å². The Hall–Kier alpha value is -1.32. The van der Waals surface area contributed by atoms with Crippen LogP contribution in [0.25, 0.3) is 0 Å². The summed E-state index contributed by atoms with van der Waals surface area (Å²) in [4.78, 5) is 0. The highest BCUT2D eigenvalue weighted by atomic mass is 31.2. The highest BCUT2D eigenvalue weighted by Gasteiger charge is 2.97. The van der Waals surface area contributed by atoms with E-state index in [9.17, 15) is 97.0 Å². The van der Waals surface area contributed by atoms with Crippen LogP contribution in [0.1, 0.15) is 13.8 Å². The summed E-state index contributed by atoms with van der Waals surface area (Å²) in [5, 5.41) is -6.66. The molecule has 0 aliphatic carbocycles. The molecule has 37 heavy (non-hydrogen) atoms. The molecule has 0 spiro atoms. The molecule has 0 aromatic carbocycles. The van der Waals surface area contributed by atoms with Crippen molar-refractivity contribution in [3.63, 3.8) is 0 Å². The molecule has 3 nitrogen and oxygen atoms in total. The van der Waals surface area contributed by atoms with E-state index in [0.717, 1.165) is 0 Å². The molecule has 0 saturated heterocycles. The lowest BCUT2D eigenvalue weighted by Crippen LogP contribution is -2.76. The molecule has 224 valence electrons. The highest BCUT2D eigenvalue weighted by molar-refractivity contribution is 7.55. The topological polar surface area (TPSA) is 35.5 Å². The zero-order valence-corrected chi connectivity index (χ0v) is 17.5. The number of alkyl halides is 19. The molecule has 0 fully saturated rings. The number of halogens is 21. The predicted molar refractivity (Wildman–Crippen MR) is 71.7 cm³/mol. The van der Waals surface area contributed by atoms with Crippen LogP contribution in [-0.4, -0.2) is 58.7 Å². The monoisotopic (exact) mass is 628 g/mol. The summed E-state index contributed by atoms with van der Waals surface area (Å²) in [6.07, 6.45) is 0. The summed E-state index contributed by atoms with van der Waals surface area (Å²) in [5.41, 5.74) is 0.